The molecule has 1 aliphatic rings. The standard InChI is InChI=1S/C31H28BrN5O4/c1-4-39-25-15-20(14-24(32)29(25)40-17-26(38)35-21-12-10-18(2)11-13-21)28-23(16-33)30(34)41-31-27(28)19(3)36-37(31)22-8-6-5-7-9-22/h5-15,28H,4,17,34H2,1-3H3,(H,35,38). The third-order valence-corrected chi connectivity index (χ3v) is 7.17. The fourth-order valence-electron chi connectivity index (χ4n) is 4.72. The zero-order valence-corrected chi connectivity index (χ0v) is 24.4. The number of nitrogens with one attached hydrogen (secondary N) is 1. The third-order valence-electron chi connectivity index (χ3n) is 6.58. The Kier molecular flexibility index (Phi) is 7.99. The van der Waals surface area contributed by atoms with E-state index in [0.29, 0.717) is 39.8 Å². The topological polar surface area (TPSA) is 124 Å². The average Bonchev–Trinajstić information content (AvgIpc) is 3.29. The van der Waals surface area contributed by atoms with E-state index >= 15 is 0 Å². The number of para-hydroxylation sites is 1. The molecule has 0 saturated carbocycles. The fraction of sp³-hybridized carbons (Fsp3) is 0.194. The van der Waals surface area contributed by atoms with Crippen molar-refractivity contribution in [2.75, 3.05) is 18.5 Å². The van der Waals surface area contributed by atoms with Gasteiger partial charge in [-0.05, 0) is 78.7 Å². The van der Waals surface area contributed by atoms with E-state index in [4.69, 9.17) is 25.0 Å². The molecule has 3 aromatic carbocycles. The molecule has 5 rings (SSSR count). The molecule has 0 fully saturated rings. The minimum atomic E-state index is -0.574. The number of nitrogens with two attached hydrogens (primary N) is 1. The number of fused-ring (bicyclic) bond motifs is 1. The van der Waals surface area contributed by atoms with Gasteiger partial charge in [0, 0.05) is 5.69 Å². The van der Waals surface area contributed by atoms with Crippen LogP contribution < -0.4 is 25.3 Å². The van der Waals surface area contributed by atoms with Gasteiger partial charge in [-0.2, -0.15) is 10.4 Å². The highest BCUT2D eigenvalue weighted by Gasteiger charge is 2.37. The number of amides is 1. The van der Waals surface area contributed by atoms with E-state index in [9.17, 15) is 10.1 Å². The lowest BCUT2D eigenvalue weighted by Crippen LogP contribution is -2.22. The molecule has 9 nitrogen and oxygen atoms in total. The first-order valence-electron chi connectivity index (χ1n) is 13.0. The number of hydrogen-bond donors (Lipinski definition) is 2. The first-order chi connectivity index (χ1) is 19.8. The van der Waals surface area contributed by atoms with Crippen LogP contribution in [0.5, 0.6) is 17.4 Å². The Morgan fingerprint density at radius 1 is 1.15 bits per heavy atom. The van der Waals surface area contributed by atoms with E-state index in [1.807, 2.05) is 81.4 Å². The van der Waals surface area contributed by atoms with Crippen molar-refractivity contribution in [2.45, 2.75) is 26.7 Å². The summed E-state index contributed by atoms with van der Waals surface area (Å²) in [6, 6.07) is 22.9. The van der Waals surface area contributed by atoms with Crippen molar-refractivity contribution in [1.29, 1.82) is 5.26 Å². The summed E-state index contributed by atoms with van der Waals surface area (Å²) in [7, 11) is 0. The van der Waals surface area contributed by atoms with Crippen LogP contribution in [0.2, 0.25) is 0 Å². The van der Waals surface area contributed by atoms with Crippen molar-refractivity contribution in [3.05, 3.63) is 105 Å². The smallest absolute Gasteiger partial charge is 0.262 e. The minimum Gasteiger partial charge on any atom is -0.490 e. The van der Waals surface area contributed by atoms with Crippen LogP contribution in [0.3, 0.4) is 0 Å². The summed E-state index contributed by atoms with van der Waals surface area (Å²) < 4.78 is 20.1. The third kappa shape index (κ3) is 5.62. The number of carbonyl (C=O) groups excluding carboxylic acids is 1. The Morgan fingerprint density at radius 2 is 1.88 bits per heavy atom. The number of allylic oxidation sites excluding steroid dienone is 1. The SMILES string of the molecule is CCOc1cc(C2C(C#N)=C(N)Oc3c2c(C)nn3-c2ccccc2)cc(Br)c1OCC(=O)Nc1ccc(C)cc1. The zero-order chi connectivity index (χ0) is 29.1. The lowest BCUT2D eigenvalue weighted by molar-refractivity contribution is -0.118. The molecule has 1 aliphatic heterocycles. The number of aryl methyl sites for hydroxylation is 2. The normalized spacial score (nSPS) is 14.1. The maximum absolute atomic E-state index is 12.6. The molecule has 0 bridgehead atoms. The number of rotatable bonds is 8. The summed E-state index contributed by atoms with van der Waals surface area (Å²) in [4.78, 5) is 12.6. The minimum absolute atomic E-state index is 0.00395. The zero-order valence-electron chi connectivity index (χ0n) is 22.8. The first kappa shape index (κ1) is 27.8. The van der Waals surface area contributed by atoms with Crippen LogP contribution in [-0.2, 0) is 4.79 Å². The Balaban J connectivity index is 1.50. The van der Waals surface area contributed by atoms with Crippen LogP contribution in [0.1, 0.15) is 35.2 Å². The fourth-order valence-corrected chi connectivity index (χ4v) is 5.30. The highest BCUT2D eigenvalue weighted by atomic mass is 79.9. The Hall–Kier alpha value is -4.75. The van der Waals surface area contributed by atoms with Crippen LogP contribution in [-0.4, -0.2) is 28.9 Å². The summed E-state index contributed by atoms with van der Waals surface area (Å²) in [5, 5.41) is 17.6. The highest BCUT2D eigenvalue weighted by molar-refractivity contribution is 9.10. The van der Waals surface area contributed by atoms with Gasteiger partial charge in [-0.25, -0.2) is 4.68 Å². The predicted octanol–water partition coefficient (Wildman–Crippen LogP) is 5.89. The molecule has 208 valence electrons. The van der Waals surface area contributed by atoms with Crippen molar-refractivity contribution in [3.8, 4) is 29.1 Å². The average molecular weight is 615 g/mol. The second-order valence-electron chi connectivity index (χ2n) is 9.44. The summed E-state index contributed by atoms with van der Waals surface area (Å²) >= 11 is 3.60. The molecule has 41 heavy (non-hydrogen) atoms. The van der Waals surface area contributed by atoms with Crippen LogP contribution in [0.25, 0.3) is 5.69 Å². The number of benzene rings is 3. The Labute approximate surface area is 246 Å². The van der Waals surface area contributed by atoms with Gasteiger partial charge in [0.25, 0.3) is 5.91 Å². The number of nitriles is 1. The number of hydrogen-bond acceptors (Lipinski definition) is 7. The van der Waals surface area contributed by atoms with Crippen molar-refractivity contribution < 1.29 is 19.0 Å². The summed E-state index contributed by atoms with van der Waals surface area (Å²) in [5.74, 6) is 0.344. The quantitative estimate of drug-likeness (QED) is 0.254. The monoisotopic (exact) mass is 613 g/mol. The summed E-state index contributed by atoms with van der Waals surface area (Å²) in [6.45, 7) is 5.83. The van der Waals surface area contributed by atoms with E-state index in [2.05, 4.69) is 27.3 Å². The molecule has 4 aromatic rings. The van der Waals surface area contributed by atoms with Crippen molar-refractivity contribution in [2.24, 2.45) is 5.73 Å². The molecule has 1 atom stereocenters. The number of carbonyl (C=O) groups is 1. The second-order valence-corrected chi connectivity index (χ2v) is 10.3. The Bertz CT molecular complexity index is 1670. The van der Waals surface area contributed by atoms with E-state index in [1.54, 1.807) is 10.7 Å². The van der Waals surface area contributed by atoms with Crippen LogP contribution >= 0.6 is 15.9 Å². The van der Waals surface area contributed by atoms with Gasteiger partial charge in [0.15, 0.2) is 18.1 Å². The van der Waals surface area contributed by atoms with Crippen LogP contribution in [0.4, 0.5) is 5.69 Å². The van der Waals surface area contributed by atoms with Gasteiger partial charge in [-0.3, -0.25) is 4.79 Å². The van der Waals surface area contributed by atoms with Crippen LogP contribution in [0, 0.1) is 25.2 Å². The molecular formula is C31H28BrN5O4. The van der Waals surface area contributed by atoms with Gasteiger partial charge in [0.2, 0.25) is 11.8 Å². The van der Waals surface area contributed by atoms with Crippen molar-refractivity contribution >= 4 is 27.5 Å². The first-order valence-corrected chi connectivity index (χ1v) is 13.8. The lowest BCUT2D eigenvalue weighted by atomic mass is 9.84. The number of halogens is 1. The summed E-state index contributed by atoms with van der Waals surface area (Å²) in [5.41, 5.74) is 11.3. The van der Waals surface area contributed by atoms with Gasteiger partial charge >= 0.3 is 0 Å². The molecule has 1 aromatic heterocycles. The molecule has 1 unspecified atom stereocenters. The summed E-state index contributed by atoms with van der Waals surface area (Å²) in [6.07, 6.45) is 0. The molecule has 0 saturated heterocycles. The molecule has 1 amide bonds. The van der Waals surface area contributed by atoms with E-state index < -0.39 is 5.92 Å². The largest absolute Gasteiger partial charge is 0.490 e. The Morgan fingerprint density at radius 3 is 2.56 bits per heavy atom. The van der Waals surface area contributed by atoms with Crippen LogP contribution in [0.15, 0.2) is 82.7 Å². The second kappa shape index (κ2) is 11.8. The number of anilines is 1. The van der Waals surface area contributed by atoms with E-state index in [0.717, 1.165) is 22.4 Å². The van der Waals surface area contributed by atoms with Crippen molar-refractivity contribution in [1.82, 2.24) is 9.78 Å². The maximum Gasteiger partial charge on any atom is 0.262 e. The highest BCUT2D eigenvalue weighted by Crippen LogP contribution is 2.48. The molecule has 3 N–H and O–H groups in total. The molecule has 0 radical (unpaired) electrons. The van der Waals surface area contributed by atoms with Crippen molar-refractivity contribution in [3.63, 3.8) is 0 Å². The molecule has 0 spiro atoms. The van der Waals surface area contributed by atoms with E-state index in [1.165, 1.54) is 0 Å². The van der Waals surface area contributed by atoms with Gasteiger partial charge in [-0.1, -0.05) is 35.9 Å². The number of nitrogens with zero attached hydrogens (tertiary/aromatic N) is 3. The molecular weight excluding hydrogens is 586 g/mol. The number of aromatic nitrogens is 2. The predicted molar refractivity (Wildman–Crippen MR) is 158 cm³/mol. The van der Waals surface area contributed by atoms with E-state index in [-0.39, 0.29) is 24.0 Å². The van der Waals surface area contributed by atoms with Gasteiger partial charge in [-0.15, -0.1) is 0 Å². The molecule has 0 aliphatic carbocycles. The van der Waals surface area contributed by atoms with Gasteiger partial charge in [0.1, 0.15) is 11.6 Å². The molecule has 10 heteroatoms. The lowest BCUT2D eigenvalue weighted by Gasteiger charge is -2.26. The number of ether oxygens (including phenoxy) is 3. The molecule has 2 heterocycles. The maximum atomic E-state index is 12.6. The van der Waals surface area contributed by atoms with Gasteiger partial charge < -0.3 is 25.3 Å². The van der Waals surface area contributed by atoms with Gasteiger partial charge in [0.05, 0.1) is 33.9 Å².